The van der Waals surface area contributed by atoms with Gasteiger partial charge in [0, 0.05) is 12.3 Å². The van der Waals surface area contributed by atoms with E-state index in [1.807, 2.05) is 13.8 Å². The molecule has 1 amide bonds. The van der Waals surface area contributed by atoms with E-state index in [2.05, 4.69) is 30.3 Å². The van der Waals surface area contributed by atoms with Crippen molar-refractivity contribution in [3.63, 3.8) is 0 Å². The van der Waals surface area contributed by atoms with Crippen LogP contribution in [-0.2, 0) is 16.1 Å². The normalized spacial score (nSPS) is 22.5. The quantitative estimate of drug-likeness (QED) is 0.814. The van der Waals surface area contributed by atoms with Crippen molar-refractivity contribution in [3.8, 4) is 0 Å². The van der Waals surface area contributed by atoms with Crippen molar-refractivity contribution in [2.45, 2.75) is 34.2 Å². The highest BCUT2D eigenvalue weighted by Crippen LogP contribution is 2.59. The lowest BCUT2D eigenvalue weighted by Crippen LogP contribution is -2.18. The zero-order valence-electron chi connectivity index (χ0n) is 12.8. The molecule has 1 fully saturated rings. The summed E-state index contributed by atoms with van der Waals surface area (Å²) in [5.74, 6) is -0.480. The Morgan fingerprint density at radius 1 is 1.48 bits per heavy atom. The first-order chi connectivity index (χ1) is 9.71. The number of hydrogen-bond donors (Lipinski definition) is 2. The number of aromatic nitrogens is 2. The summed E-state index contributed by atoms with van der Waals surface area (Å²) in [4.78, 5) is 22.9. The van der Waals surface area contributed by atoms with Crippen LogP contribution in [-0.4, -0.2) is 26.8 Å². The molecule has 1 aliphatic rings. The molecule has 1 aliphatic carbocycles. The first-order valence-corrected chi connectivity index (χ1v) is 6.93. The van der Waals surface area contributed by atoms with Crippen molar-refractivity contribution in [1.29, 1.82) is 0 Å². The lowest BCUT2D eigenvalue weighted by molar-refractivity contribution is -0.137. The van der Waals surface area contributed by atoms with E-state index in [9.17, 15) is 9.59 Å². The zero-order valence-corrected chi connectivity index (χ0v) is 12.8. The summed E-state index contributed by atoms with van der Waals surface area (Å²) >= 11 is 0. The number of amides is 1. The van der Waals surface area contributed by atoms with Gasteiger partial charge in [-0.15, -0.1) is 0 Å². The lowest BCUT2D eigenvalue weighted by atomic mass is 10.1. The Kier molecular flexibility index (Phi) is 3.89. The standard InChI is InChI=1S/C15H21N3O3/c1-9(2)7-10-13(15(10,3)4)14(21)16-11-5-6-18(17-11)8-12(19)20/h5-7,10,13H,8H2,1-4H3,(H,19,20)(H,16,17,21)/t10-,13+/m1/s1. The average molecular weight is 291 g/mol. The van der Waals surface area contributed by atoms with Crippen LogP contribution in [0.1, 0.15) is 27.7 Å². The van der Waals surface area contributed by atoms with Gasteiger partial charge in [0.15, 0.2) is 5.82 Å². The van der Waals surface area contributed by atoms with Crippen LogP contribution in [0.4, 0.5) is 5.82 Å². The molecule has 0 spiro atoms. The van der Waals surface area contributed by atoms with Crippen LogP contribution < -0.4 is 5.32 Å². The molecule has 1 aromatic heterocycles. The van der Waals surface area contributed by atoms with Crippen LogP contribution in [0, 0.1) is 17.3 Å². The van der Waals surface area contributed by atoms with Gasteiger partial charge in [0.2, 0.25) is 5.91 Å². The molecule has 1 aromatic rings. The molecule has 2 N–H and O–H groups in total. The number of allylic oxidation sites excluding steroid dienone is 2. The third kappa shape index (κ3) is 3.32. The second-order valence-electron chi connectivity index (χ2n) is 6.35. The molecule has 0 saturated heterocycles. The summed E-state index contributed by atoms with van der Waals surface area (Å²) in [5.41, 5.74) is 1.15. The van der Waals surface area contributed by atoms with E-state index in [1.165, 1.54) is 16.5 Å². The maximum absolute atomic E-state index is 12.3. The van der Waals surface area contributed by atoms with Gasteiger partial charge in [0.25, 0.3) is 0 Å². The zero-order chi connectivity index (χ0) is 15.8. The number of aliphatic carboxylic acids is 1. The van der Waals surface area contributed by atoms with Gasteiger partial charge >= 0.3 is 5.97 Å². The smallest absolute Gasteiger partial charge is 0.325 e. The third-order valence-electron chi connectivity index (χ3n) is 3.90. The van der Waals surface area contributed by atoms with Gasteiger partial charge in [0.05, 0.1) is 5.92 Å². The molecule has 0 unspecified atom stereocenters. The maximum Gasteiger partial charge on any atom is 0.325 e. The second kappa shape index (κ2) is 5.35. The van der Waals surface area contributed by atoms with Crippen LogP contribution in [0.3, 0.4) is 0 Å². The molecule has 2 atom stereocenters. The van der Waals surface area contributed by atoms with Crippen LogP contribution >= 0.6 is 0 Å². The highest BCUT2D eigenvalue weighted by molar-refractivity contribution is 5.95. The van der Waals surface area contributed by atoms with Crippen molar-refractivity contribution >= 4 is 17.7 Å². The van der Waals surface area contributed by atoms with Crippen molar-refractivity contribution in [2.75, 3.05) is 5.32 Å². The first kappa shape index (κ1) is 15.3. The number of carboxylic acid groups (broad SMARTS) is 1. The van der Waals surface area contributed by atoms with E-state index in [1.54, 1.807) is 6.07 Å². The fourth-order valence-corrected chi connectivity index (χ4v) is 2.71. The fraction of sp³-hybridized carbons (Fsp3) is 0.533. The maximum atomic E-state index is 12.3. The predicted octanol–water partition coefficient (Wildman–Crippen LogP) is 2.14. The number of carbonyl (C=O) groups is 2. The SMILES string of the molecule is CC(C)=C[C@@H]1[C@@H](C(=O)Nc2ccn(CC(=O)O)n2)C1(C)C. The van der Waals surface area contributed by atoms with E-state index in [0.717, 1.165) is 0 Å². The molecule has 1 saturated carbocycles. The molecule has 0 aromatic carbocycles. The van der Waals surface area contributed by atoms with E-state index < -0.39 is 5.97 Å². The van der Waals surface area contributed by atoms with Gasteiger partial charge in [-0.25, -0.2) is 0 Å². The predicted molar refractivity (Wildman–Crippen MR) is 78.7 cm³/mol. The molecule has 114 valence electrons. The number of anilines is 1. The summed E-state index contributed by atoms with van der Waals surface area (Å²) in [6.07, 6.45) is 3.67. The van der Waals surface area contributed by atoms with E-state index >= 15 is 0 Å². The minimum Gasteiger partial charge on any atom is -0.480 e. The Balaban J connectivity index is 2.01. The highest BCUT2D eigenvalue weighted by atomic mass is 16.4. The molecule has 21 heavy (non-hydrogen) atoms. The van der Waals surface area contributed by atoms with E-state index in [-0.39, 0.29) is 29.7 Å². The summed E-state index contributed by atoms with van der Waals surface area (Å²) in [5, 5.41) is 15.5. The van der Waals surface area contributed by atoms with Crippen molar-refractivity contribution in [2.24, 2.45) is 17.3 Å². The summed E-state index contributed by atoms with van der Waals surface area (Å²) in [6.45, 7) is 7.98. The molecular formula is C15H21N3O3. The molecule has 6 heteroatoms. The molecule has 0 bridgehead atoms. The lowest BCUT2D eigenvalue weighted by Gasteiger charge is -2.03. The molecule has 6 nitrogen and oxygen atoms in total. The Hall–Kier alpha value is -2.11. The van der Waals surface area contributed by atoms with Gasteiger partial charge in [-0.05, 0) is 25.2 Å². The van der Waals surface area contributed by atoms with Crippen molar-refractivity contribution < 1.29 is 14.7 Å². The van der Waals surface area contributed by atoms with Crippen LogP contribution in [0.2, 0.25) is 0 Å². The molecule has 0 aliphatic heterocycles. The highest BCUT2D eigenvalue weighted by Gasteiger charge is 2.60. The van der Waals surface area contributed by atoms with Gasteiger partial charge in [0.1, 0.15) is 6.54 Å². The largest absolute Gasteiger partial charge is 0.480 e. The minimum atomic E-state index is -0.970. The van der Waals surface area contributed by atoms with Gasteiger partial charge in [-0.3, -0.25) is 14.3 Å². The summed E-state index contributed by atoms with van der Waals surface area (Å²) in [6, 6.07) is 1.60. The fourth-order valence-electron chi connectivity index (χ4n) is 2.71. The van der Waals surface area contributed by atoms with Crippen molar-refractivity contribution in [3.05, 3.63) is 23.9 Å². The molecular weight excluding hydrogens is 270 g/mol. The van der Waals surface area contributed by atoms with E-state index in [4.69, 9.17) is 5.11 Å². The average Bonchev–Trinajstić information content (AvgIpc) is 2.67. The van der Waals surface area contributed by atoms with E-state index in [0.29, 0.717) is 5.82 Å². The van der Waals surface area contributed by atoms with Crippen molar-refractivity contribution in [1.82, 2.24) is 9.78 Å². The minimum absolute atomic E-state index is 0.0506. The topological polar surface area (TPSA) is 84.2 Å². The number of rotatable bonds is 5. The van der Waals surface area contributed by atoms with Gasteiger partial charge in [-0.2, -0.15) is 5.10 Å². The number of carbonyl (C=O) groups excluding carboxylic acids is 1. The number of hydrogen-bond acceptors (Lipinski definition) is 3. The number of carboxylic acids is 1. The Labute approximate surface area is 123 Å². The summed E-state index contributed by atoms with van der Waals surface area (Å²) in [7, 11) is 0. The number of nitrogens with zero attached hydrogens (tertiary/aromatic N) is 2. The van der Waals surface area contributed by atoms with Crippen LogP contribution in [0.25, 0.3) is 0 Å². The first-order valence-electron chi connectivity index (χ1n) is 6.93. The third-order valence-corrected chi connectivity index (χ3v) is 3.90. The Morgan fingerprint density at radius 3 is 2.71 bits per heavy atom. The monoisotopic (exact) mass is 291 g/mol. The Bertz CT molecular complexity index is 597. The molecule has 1 heterocycles. The second-order valence-corrected chi connectivity index (χ2v) is 6.35. The number of nitrogens with one attached hydrogen (secondary N) is 1. The van der Waals surface area contributed by atoms with Gasteiger partial charge < -0.3 is 10.4 Å². The van der Waals surface area contributed by atoms with Crippen LogP contribution in [0.5, 0.6) is 0 Å². The van der Waals surface area contributed by atoms with Gasteiger partial charge in [-0.1, -0.05) is 25.5 Å². The summed E-state index contributed by atoms with van der Waals surface area (Å²) < 4.78 is 1.28. The Morgan fingerprint density at radius 2 is 2.14 bits per heavy atom. The van der Waals surface area contributed by atoms with Crippen LogP contribution in [0.15, 0.2) is 23.9 Å². The molecule has 2 rings (SSSR count). The molecule has 0 radical (unpaired) electrons.